The second kappa shape index (κ2) is 11.4. The molecule has 0 aliphatic carbocycles. The minimum absolute atomic E-state index is 0.0640. The van der Waals surface area contributed by atoms with Crippen LogP contribution in [0.2, 0.25) is 0 Å². The molecule has 1 unspecified atom stereocenters. The molecular weight excluding hydrogens is 532 g/mol. The predicted molar refractivity (Wildman–Crippen MR) is 161 cm³/mol. The number of benzene rings is 2. The number of anilines is 3. The fourth-order valence-corrected chi connectivity index (χ4v) is 5.24. The zero-order valence-corrected chi connectivity index (χ0v) is 23.7. The summed E-state index contributed by atoms with van der Waals surface area (Å²) >= 11 is 0. The number of hydrogen-bond donors (Lipinski definition) is 3. The maximum atomic E-state index is 11.4. The van der Waals surface area contributed by atoms with Crippen LogP contribution in [0.3, 0.4) is 0 Å². The highest BCUT2D eigenvalue weighted by Gasteiger charge is 2.24. The summed E-state index contributed by atoms with van der Waals surface area (Å²) in [5.74, 6) is 2.33. The van der Waals surface area contributed by atoms with Gasteiger partial charge in [0.25, 0.3) is 0 Å². The number of carboxylic acid groups (broad SMARTS) is 1. The van der Waals surface area contributed by atoms with Crippen LogP contribution in [0.4, 0.5) is 22.2 Å². The van der Waals surface area contributed by atoms with Crippen molar-refractivity contribution in [2.45, 2.75) is 32.7 Å². The number of piperidine rings is 1. The second-order valence-corrected chi connectivity index (χ2v) is 10.5. The Labute approximate surface area is 243 Å². The van der Waals surface area contributed by atoms with Gasteiger partial charge in [-0.15, -0.1) is 0 Å². The quantitative estimate of drug-likeness (QED) is 0.214. The van der Waals surface area contributed by atoms with Gasteiger partial charge in [-0.05, 0) is 56.5 Å². The molecule has 42 heavy (non-hydrogen) atoms. The first-order chi connectivity index (χ1) is 20.4. The predicted octanol–water partition coefficient (Wildman–Crippen LogP) is 6.13. The molecule has 1 aliphatic heterocycles. The molecule has 4 heterocycles. The van der Waals surface area contributed by atoms with Gasteiger partial charge >= 0.3 is 6.09 Å². The average Bonchev–Trinajstić information content (AvgIpc) is 3.31. The molecule has 6 rings (SSSR count). The van der Waals surface area contributed by atoms with Gasteiger partial charge < -0.3 is 25.4 Å². The van der Waals surface area contributed by atoms with Gasteiger partial charge in [0.15, 0.2) is 5.82 Å². The van der Waals surface area contributed by atoms with Crippen LogP contribution < -0.4 is 15.4 Å². The van der Waals surface area contributed by atoms with Crippen LogP contribution in [0.15, 0.2) is 67.0 Å². The van der Waals surface area contributed by atoms with Crippen molar-refractivity contribution >= 4 is 34.3 Å². The lowest BCUT2D eigenvalue weighted by molar-refractivity contribution is 0.132. The molecular formula is C31H32N8O3. The van der Waals surface area contributed by atoms with Crippen molar-refractivity contribution in [1.82, 2.24) is 29.6 Å². The van der Waals surface area contributed by atoms with Crippen LogP contribution in [0, 0.1) is 13.8 Å². The Hall–Kier alpha value is -5.19. The highest BCUT2D eigenvalue weighted by Crippen LogP contribution is 2.39. The van der Waals surface area contributed by atoms with E-state index in [1.807, 2.05) is 74.1 Å². The van der Waals surface area contributed by atoms with Crippen LogP contribution in [0.1, 0.15) is 24.1 Å². The summed E-state index contributed by atoms with van der Waals surface area (Å²) in [7, 11) is 1.92. The summed E-state index contributed by atoms with van der Waals surface area (Å²) in [5.41, 5.74) is 4.31. The van der Waals surface area contributed by atoms with Crippen molar-refractivity contribution < 1.29 is 14.6 Å². The minimum atomic E-state index is -0.910. The largest absolute Gasteiger partial charge is 0.465 e. The zero-order chi connectivity index (χ0) is 29.2. The fourth-order valence-electron chi connectivity index (χ4n) is 5.24. The van der Waals surface area contributed by atoms with Gasteiger partial charge in [-0.3, -0.25) is 4.68 Å². The van der Waals surface area contributed by atoms with Crippen molar-refractivity contribution in [3.63, 3.8) is 0 Å². The molecule has 0 bridgehead atoms. The Morgan fingerprint density at radius 1 is 1.05 bits per heavy atom. The lowest BCUT2D eigenvalue weighted by Gasteiger charge is -2.31. The van der Waals surface area contributed by atoms with E-state index in [-0.39, 0.29) is 6.04 Å². The van der Waals surface area contributed by atoms with Crippen molar-refractivity contribution in [2.75, 3.05) is 23.7 Å². The molecule has 0 saturated carbocycles. The summed E-state index contributed by atoms with van der Waals surface area (Å²) in [6, 6.07) is 17.7. The first kappa shape index (κ1) is 27.0. The maximum Gasteiger partial charge on any atom is 0.407 e. The first-order valence-electron chi connectivity index (χ1n) is 13.9. The van der Waals surface area contributed by atoms with Crippen molar-refractivity contribution in [3.05, 3.63) is 78.2 Å². The maximum absolute atomic E-state index is 11.4. The van der Waals surface area contributed by atoms with Gasteiger partial charge in [0.05, 0.1) is 11.3 Å². The number of fused-ring (bicyclic) bond motifs is 1. The molecule has 0 spiro atoms. The van der Waals surface area contributed by atoms with E-state index >= 15 is 0 Å². The standard InChI is InChI=1S/C31H32N8O3/c1-19-11-12-22-23(8-4-10-25(22)35-27-17-20(2)38(3)37-27)28(19)42-29-24(9-5-14-32-29)26-13-15-33-30(36-26)34-21-7-6-16-39(18-21)31(40)41/h4-5,8-15,17,21H,6-7,16,18H2,1-3H3,(H,35,37)(H,40,41)(H,33,34,36). The van der Waals surface area contributed by atoms with Crippen molar-refractivity contribution in [3.8, 4) is 22.9 Å². The number of ether oxygens (including phenoxy) is 1. The topological polar surface area (TPSA) is 130 Å². The fraction of sp³-hybridized carbons (Fsp3) is 0.258. The molecule has 3 N–H and O–H groups in total. The Morgan fingerprint density at radius 3 is 2.74 bits per heavy atom. The monoisotopic (exact) mass is 564 g/mol. The van der Waals surface area contributed by atoms with Crippen LogP contribution in [0.5, 0.6) is 11.6 Å². The number of nitrogens with one attached hydrogen (secondary N) is 2. The number of hydrogen-bond acceptors (Lipinski definition) is 8. The van der Waals surface area contributed by atoms with Gasteiger partial charge in [0, 0.05) is 66.8 Å². The second-order valence-electron chi connectivity index (χ2n) is 10.5. The molecule has 1 saturated heterocycles. The molecule has 5 aromatic rings. The van der Waals surface area contributed by atoms with Crippen LogP contribution >= 0.6 is 0 Å². The Balaban J connectivity index is 1.30. The van der Waals surface area contributed by atoms with E-state index in [9.17, 15) is 9.90 Å². The van der Waals surface area contributed by atoms with Gasteiger partial charge in [-0.1, -0.05) is 24.3 Å². The van der Waals surface area contributed by atoms with E-state index in [4.69, 9.17) is 9.72 Å². The van der Waals surface area contributed by atoms with Crippen LogP contribution in [-0.2, 0) is 7.05 Å². The Morgan fingerprint density at radius 2 is 1.93 bits per heavy atom. The number of pyridine rings is 1. The van der Waals surface area contributed by atoms with E-state index in [0.29, 0.717) is 41.9 Å². The summed E-state index contributed by atoms with van der Waals surface area (Å²) in [6.07, 6.45) is 4.09. The number of carbonyl (C=O) groups is 1. The number of amides is 1. The van der Waals surface area contributed by atoms with E-state index in [1.165, 1.54) is 4.90 Å². The molecule has 1 aliphatic rings. The van der Waals surface area contributed by atoms with E-state index in [1.54, 1.807) is 12.4 Å². The smallest absolute Gasteiger partial charge is 0.407 e. The third-order valence-corrected chi connectivity index (χ3v) is 7.51. The molecule has 0 radical (unpaired) electrons. The number of rotatable bonds is 7. The highest BCUT2D eigenvalue weighted by atomic mass is 16.5. The summed E-state index contributed by atoms with van der Waals surface area (Å²) < 4.78 is 8.39. The zero-order valence-electron chi connectivity index (χ0n) is 23.7. The lowest BCUT2D eigenvalue weighted by Crippen LogP contribution is -2.44. The summed E-state index contributed by atoms with van der Waals surface area (Å²) in [6.45, 7) is 4.96. The number of aryl methyl sites for hydroxylation is 3. The SMILES string of the molecule is Cc1ccc2c(Nc3cc(C)n(C)n3)cccc2c1Oc1ncccc1-c1ccnc(NC2CCCN(C(=O)O)C2)n1. The number of nitrogens with zero attached hydrogens (tertiary/aromatic N) is 6. The van der Waals surface area contributed by atoms with E-state index < -0.39 is 6.09 Å². The molecule has 1 atom stereocenters. The molecule has 11 nitrogen and oxygen atoms in total. The van der Waals surface area contributed by atoms with E-state index in [2.05, 4.69) is 31.8 Å². The number of aromatic nitrogens is 5. The Bertz CT molecular complexity index is 1750. The third kappa shape index (κ3) is 5.53. The third-order valence-electron chi connectivity index (χ3n) is 7.51. The van der Waals surface area contributed by atoms with E-state index in [0.717, 1.165) is 46.4 Å². The van der Waals surface area contributed by atoms with Crippen molar-refractivity contribution in [2.24, 2.45) is 7.05 Å². The Kier molecular flexibility index (Phi) is 7.30. The normalized spacial score (nSPS) is 15.0. The molecule has 214 valence electrons. The van der Waals surface area contributed by atoms with Gasteiger partial charge in [-0.25, -0.2) is 19.7 Å². The molecule has 3 aromatic heterocycles. The van der Waals surface area contributed by atoms with Gasteiger partial charge in [-0.2, -0.15) is 5.10 Å². The van der Waals surface area contributed by atoms with Crippen molar-refractivity contribution in [1.29, 1.82) is 0 Å². The molecule has 11 heteroatoms. The first-order valence-corrected chi connectivity index (χ1v) is 13.9. The number of likely N-dealkylation sites (tertiary alicyclic amines) is 1. The minimum Gasteiger partial charge on any atom is -0.465 e. The lowest BCUT2D eigenvalue weighted by atomic mass is 10.0. The summed E-state index contributed by atoms with van der Waals surface area (Å²) in [4.78, 5) is 26.6. The molecule has 1 amide bonds. The highest BCUT2D eigenvalue weighted by molar-refractivity contribution is 5.99. The van der Waals surface area contributed by atoms with Gasteiger partial charge in [0.1, 0.15) is 5.75 Å². The average molecular weight is 565 g/mol. The van der Waals surface area contributed by atoms with Crippen LogP contribution in [-0.4, -0.2) is 60.0 Å². The van der Waals surface area contributed by atoms with Gasteiger partial charge in [0.2, 0.25) is 11.8 Å². The van der Waals surface area contributed by atoms with Crippen LogP contribution in [0.25, 0.3) is 22.0 Å². The summed E-state index contributed by atoms with van der Waals surface area (Å²) in [5, 5.41) is 22.6. The molecule has 1 fully saturated rings. The molecule has 2 aromatic carbocycles.